The number of halogens is 1. The zero-order chi connectivity index (χ0) is 19.8. The van der Waals surface area contributed by atoms with E-state index in [2.05, 4.69) is 10.6 Å². The van der Waals surface area contributed by atoms with Gasteiger partial charge in [-0.1, -0.05) is 41.9 Å². The van der Waals surface area contributed by atoms with Crippen molar-refractivity contribution in [2.75, 3.05) is 5.32 Å². The molecule has 0 unspecified atom stereocenters. The van der Waals surface area contributed by atoms with Crippen LogP contribution in [0.2, 0.25) is 5.02 Å². The lowest BCUT2D eigenvalue weighted by molar-refractivity contribution is -0.154. The number of anilines is 1. The highest BCUT2D eigenvalue weighted by Crippen LogP contribution is 2.14. The van der Waals surface area contributed by atoms with Crippen LogP contribution in [0, 0.1) is 0 Å². The van der Waals surface area contributed by atoms with E-state index in [0.29, 0.717) is 10.7 Å². The van der Waals surface area contributed by atoms with Gasteiger partial charge in [-0.15, -0.1) is 0 Å². The van der Waals surface area contributed by atoms with Gasteiger partial charge in [0.1, 0.15) is 0 Å². The van der Waals surface area contributed by atoms with Gasteiger partial charge in [0.05, 0.1) is 6.42 Å². The summed E-state index contributed by atoms with van der Waals surface area (Å²) in [6.45, 7) is 3.19. The lowest BCUT2D eigenvalue weighted by atomic mass is 10.1. The number of benzene rings is 2. The summed E-state index contributed by atoms with van der Waals surface area (Å²) in [6, 6.07) is 14.0. The molecular formula is C20H21ClN2O4. The topological polar surface area (TPSA) is 84.5 Å². The van der Waals surface area contributed by atoms with Crippen molar-refractivity contribution in [2.45, 2.75) is 32.9 Å². The molecule has 0 saturated carbocycles. The first-order valence-electron chi connectivity index (χ1n) is 8.42. The smallest absolute Gasteiger partial charge is 0.311 e. The molecule has 2 rings (SSSR count). The van der Waals surface area contributed by atoms with Crippen molar-refractivity contribution in [3.05, 3.63) is 64.7 Å². The summed E-state index contributed by atoms with van der Waals surface area (Å²) >= 11 is 6.04. The molecule has 0 fully saturated rings. The van der Waals surface area contributed by atoms with E-state index in [-0.39, 0.29) is 18.9 Å². The molecule has 142 valence electrons. The lowest BCUT2D eigenvalue weighted by Gasteiger charge is -2.14. The van der Waals surface area contributed by atoms with Crippen molar-refractivity contribution < 1.29 is 19.1 Å². The predicted molar refractivity (Wildman–Crippen MR) is 103 cm³/mol. The maximum absolute atomic E-state index is 12.1. The van der Waals surface area contributed by atoms with Crippen LogP contribution in [0.15, 0.2) is 48.5 Å². The molecule has 2 aromatic rings. The minimum atomic E-state index is -0.918. The summed E-state index contributed by atoms with van der Waals surface area (Å²) in [7, 11) is 0. The van der Waals surface area contributed by atoms with Crippen LogP contribution < -0.4 is 10.6 Å². The fourth-order valence-corrected chi connectivity index (χ4v) is 2.54. The zero-order valence-electron chi connectivity index (χ0n) is 15.1. The molecule has 2 amide bonds. The maximum atomic E-state index is 12.1. The van der Waals surface area contributed by atoms with Gasteiger partial charge < -0.3 is 15.4 Å². The van der Waals surface area contributed by atoms with Gasteiger partial charge >= 0.3 is 5.97 Å². The normalized spacial score (nSPS) is 11.4. The van der Waals surface area contributed by atoms with Crippen LogP contribution in [-0.4, -0.2) is 23.9 Å². The summed E-state index contributed by atoms with van der Waals surface area (Å²) < 4.78 is 5.18. The number of carbonyl (C=O) groups excluding carboxylic acids is 3. The standard InChI is InChI=1S/C20H21ClN2O4/c1-13(20(26)22-12-16-5-3-4-6-18(16)21)27-19(25)11-15-7-9-17(10-8-15)23-14(2)24/h3-10,13H,11-12H2,1-2H3,(H,22,26)(H,23,24)/t13-/m0/s1. The summed E-state index contributed by atoms with van der Waals surface area (Å²) in [6.07, 6.45) is -0.888. The molecule has 0 spiro atoms. The summed E-state index contributed by atoms with van der Waals surface area (Å²) in [5.41, 5.74) is 2.15. The maximum Gasteiger partial charge on any atom is 0.311 e. The van der Waals surface area contributed by atoms with E-state index in [1.807, 2.05) is 12.1 Å². The summed E-state index contributed by atoms with van der Waals surface area (Å²) in [4.78, 5) is 35.1. The number of nitrogens with one attached hydrogen (secondary N) is 2. The first-order chi connectivity index (χ1) is 12.8. The van der Waals surface area contributed by atoms with Crippen molar-refractivity contribution in [2.24, 2.45) is 0 Å². The van der Waals surface area contributed by atoms with Gasteiger partial charge in [-0.2, -0.15) is 0 Å². The minimum Gasteiger partial charge on any atom is -0.452 e. The van der Waals surface area contributed by atoms with Crippen LogP contribution in [0.5, 0.6) is 0 Å². The number of rotatable bonds is 7. The van der Waals surface area contributed by atoms with E-state index in [9.17, 15) is 14.4 Å². The van der Waals surface area contributed by atoms with Gasteiger partial charge in [0, 0.05) is 24.2 Å². The number of carbonyl (C=O) groups is 3. The van der Waals surface area contributed by atoms with Gasteiger partial charge in [0.2, 0.25) is 5.91 Å². The van der Waals surface area contributed by atoms with E-state index in [0.717, 1.165) is 11.1 Å². The number of ether oxygens (including phenoxy) is 1. The Kier molecular flexibility index (Phi) is 7.37. The van der Waals surface area contributed by atoms with Crippen molar-refractivity contribution in [3.8, 4) is 0 Å². The quantitative estimate of drug-likeness (QED) is 0.714. The Hall–Kier alpha value is -2.86. The molecule has 0 radical (unpaired) electrons. The highest BCUT2D eigenvalue weighted by atomic mass is 35.5. The third-order valence-electron chi connectivity index (χ3n) is 3.71. The third kappa shape index (κ3) is 6.75. The van der Waals surface area contributed by atoms with Gasteiger partial charge in [-0.3, -0.25) is 14.4 Å². The van der Waals surface area contributed by atoms with Crippen molar-refractivity contribution >= 4 is 35.1 Å². The van der Waals surface area contributed by atoms with Crippen molar-refractivity contribution in [1.82, 2.24) is 5.32 Å². The fraction of sp³-hybridized carbons (Fsp3) is 0.250. The Bertz CT molecular complexity index is 821. The van der Waals surface area contributed by atoms with Gasteiger partial charge in [0.15, 0.2) is 6.10 Å². The summed E-state index contributed by atoms with van der Waals surface area (Å²) in [5, 5.41) is 5.90. The average Bonchev–Trinajstić information content (AvgIpc) is 2.62. The largest absolute Gasteiger partial charge is 0.452 e. The van der Waals surface area contributed by atoms with Crippen LogP contribution in [-0.2, 0) is 32.1 Å². The molecule has 1 atom stereocenters. The van der Waals surface area contributed by atoms with Crippen LogP contribution in [0.4, 0.5) is 5.69 Å². The second kappa shape index (κ2) is 9.73. The number of hydrogen-bond acceptors (Lipinski definition) is 4. The van der Waals surface area contributed by atoms with Crippen LogP contribution in [0.3, 0.4) is 0 Å². The molecule has 0 heterocycles. The molecule has 7 heteroatoms. The minimum absolute atomic E-state index is 0.0302. The van der Waals surface area contributed by atoms with Gasteiger partial charge in [-0.25, -0.2) is 0 Å². The molecule has 0 aliphatic carbocycles. The number of amides is 2. The van der Waals surface area contributed by atoms with Gasteiger partial charge in [-0.05, 0) is 36.2 Å². The summed E-state index contributed by atoms with van der Waals surface area (Å²) in [5.74, 6) is -1.08. The first kappa shape index (κ1) is 20.5. The average molecular weight is 389 g/mol. The molecule has 27 heavy (non-hydrogen) atoms. The number of hydrogen-bond donors (Lipinski definition) is 2. The highest BCUT2D eigenvalue weighted by Gasteiger charge is 2.18. The van der Waals surface area contributed by atoms with Crippen LogP contribution in [0.1, 0.15) is 25.0 Å². The van der Waals surface area contributed by atoms with Crippen molar-refractivity contribution in [1.29, 1.82) is 0 Å². The molecule has 2 aromatic carbocycles. The Morgan fingerprint density at radius 2 is 1.74 bits per heavy atom. The van der Waals surface area contributed by atoms with E-state index < -0.39 is 18.0 Å². The molecule has 0 aliphatic heterocycles. The molecule has 0 aliphatic rings. The molecular weight excluding hydrogens is 368 g/mol. The van der Waals surface area contributed by atoms with Crippen LogP contribution >= 0.6 is 11.6 Å². The van der Waals surface area contributed by atoms with Crippen LogP contribution in [0.25, 0.3) is 0 Å². The SMILES string of the molecule is CC(=O)Nc1ccc(CC(=O)O[C@@H](C)C(=O)NCc2ccccc2Cl)cc1. The van der Waals surface area contributed by atoms with Gasteiger partial charge in [0.25, 0.3) is 5.91 Å². The van der Waals surface area contributed by atoms with E-state index in [1.165, 1.54) is 13.8 Å². The molecule has 2 N–H and O–H groups in total. The first-order valence-corrected chi connectivity index (χ1v) is 8.80. The molecule has 0 saturated heterocycles. The predicted octanol–water partition coefficient (Wildman–Crippen LogP) is 3.09. The Balaban J connectivity index is 1.81. The van der Waals surface area contributed by atoms with E-state index in [4.69, 9.17) is 16.3 Å². The van der Waals surface area contributed by atoms with Crippen molar-refractivity contribution in [3.63, 3.8) is 0 Å². The zero-order valence-corrected chi connectivity index (χ0v) is 15.9. The Morgan fingerprint density at radius 3 is 2.37 bits per heavy atom. The Labute approximate surface area is 162 Å². The second-order valence-corrected chi connectivity index (χ2v) is 6.40. The fourth-order valence-electron chi connectivity index (χ4n) is 2.34. The monoisotopic (exact) mass is 388 g/mol. The highest BCUT2D eigenvalue weighted by molar-refractivity contribution is 6.31. The second-order valence-electron chi connectivity index (χ2n) is 6.00. The third-order valence-corrected chi connectivity index (χ3v) is 4.08. The number of esters is 1. The lowest BCUT2D eigenvalue weighted by Crippen LogP contribution is -2.35. The van der Waals surface area contributed by atoms with E-state index in [1.54, 1.807) is 36.4 Å². The Morgan fingerprint density at radius 1 is 1.07 bits per heavy atom. The molecule has 0 aromatic heterocycles. The molecule has 0 bridgehead atoms. The van der Waals surface area contributed by atoms with E-state index >= 15 is 0 Å². The molecule has 6 nitrogen and oxygen atoms in total.